The number of piperidine rings is 1. The summed E-state index contributed by atoms with van der Waals surface area (Å²) in [6, 6.07) is 9.63. The largest absolute Gasteiger partial charge is 0.454 e. The van der Waals surface area contributed by atoms with Gasteiger partial charge in [0.05, 0.1) is 0 Å². The van der Waals surface area contributed by atoms with Gasteiger partial charge in [-0.2, -0.15) is 0 Å². The van der Waals surface area contributed by atoms with Gasteiger partial charge in [0, 0.05) is 24.2 Å². The molecule has 1 aliphatic rings. The van der Waals surface area contributed by atoms with E-state index in [-0.39, 0.29) is 17.7 Å². The monoisotopic (exact) mass is 332 g/mol. The van der Waals surface area contributed by atoms with E-state index in [9.17, 15) is 13.6 Å². The fourth-order valence-electron chi connectivity index (χ4n) is 2.60. The highest BCUT2D eigenvalue weighted by Crippen LogP contribution is 2.25. The number of nitrogens with one attached hydrogen (secondary N) is 2. The minimum absolute atomic E-state index is 0.0677. The SMILES string of the molecule is O=C(NC1CCCNC1)c1ccc(Oc2ccc(F)cc2F)cc1. The molecule has 0 aliphatic carbocycles. The quantitative estimate of drug-likeness (QED) is 0.904. The van der Waals surface area contributed by atoms with E-state index in [4.69, 9.17) is 4.74 Å². The van der Waals surface area contributed by atoms with Crippen molar-refractivity contribution in [2.45, 2.75) is 18.9 Å². The maximum absolute atomic E-state index is 13.6. The van der Waals surface area contributed by atoms with Crippen molar-refractivity contribution < 1.29 is 18.3 Å². The molecule has 0 spiro atoms. The summed E-state index contributed by atoms with van der Waals surface area (Å²) in [6.07, 6.45) is 2.00. The molecule has 1 saturated heterocycles. The van der Waals surface area contributed by atoms with Gasteiger partial charge in [-0.05, 0) is 55.8 Å². The molecule has 6 heteroatoms. The van der Waals surface area contributed by atoms with Crippen LogP contribution in [-0.2, 0) is 0 Å². The Kier molecular flexibility index (Phi) is 5.05. The predicted molar refractivity (Wildman–Crippen MR) is 86.2 cm³/mol. The Morgan fingerprint density at radius 2 is 1.96 bits per heavy atom. The average molecular weight is 332 g/mol. The molecule has 2 aromatic carbocycles. The lowest BCUT2D eigenvalue weighted by Crippen LogP contribution is -2.45. The van der Waals surface area contributed by atoms with E-state index in [0.717, 1.165) is 38.1 Å². The van der Waals surface area contributed by atoms with Crippen LogP contribution in [-0.4, -0.2) is 25.0 Å². The van der Waals surface area contributed by atoms with Gasteiger partial charge in [-0.1, -0.05) is 0 Å². The van der Waals surface area contributed by atoms with Crippen molar-refractivity contribution in [3.8, 4) is 11.5 Å². The van der Waals surface area contributed by atoms with Crippen LogP contribution in [0.1, 0.15) is 23.2 Å². The lowest BCUT2D eigenvalue weighted by molar-refractivity contribution is 0.0930. The molecule has 24 heavy (non-hydrogen) atoms. The van der Waals surface area contributed by atoms with Gasteiger partial charge in [0.2, 0.25) is 0 Å². The molecule has 0 radical (unpaired) electrons. The molecule has 1 aliphatic heterocycles. The number of ether oxygens (including phenoxy) is 1. The lowest BCUT2D eigenvalue weighted by atomic mass is 10.1. The summed E-state index contributed by atoms with van der Waals surface area (Å²) in [7, 11) is 0. The third-order valence-electron chi connectivity index (χ3n) is 3.87. The van der Waals surface area contributed by atoms with Gasteiger partial charge in [-0.15, -0.1) is 0 Å². The van der Waals surface area contributed by atoms with Gasteiger partial charge in [0.25, 0.3) is 5.91 Å². The first-order chi connectivity index (χ1) is 11.6. The summed E-state index contributed by atoms with van der Waals surface area (Å²) < 4.78 is 31.8. The molecule has 2 aromatic rings. The van der Waals surface area contributed by atoms with Crippen molar-refractivity contribution in [2.75, 3.05) is 13.1 Å². The third-order valence-corrected chi connectivity index (χ3v) is 3.87. The molecular weight excluding hydrogens is 314 g/mol. The second-order valence-corrected chi connectivity index (χ2v) is 5.72. The summed E-state index contributed by atoms with van der Waals surface area (Å²) in [4.78, 5) is 12.2. The average Bonchev–Trinajstić information content (AvgIpc) is 2.59. The molecule has 0 bridgehead atoms. The minimum Gasteiger partial charge on any atom is -0.454 e. The number of rotatable bonds is 4. The Balaban J connectivity index is 1.63. The standard InChI is InChI=1S/C18H18F2N2O2/c19-13-5-8-17(16(20)10-13)24-15-6-3-12(4-7-15)18(23)22-14-2-1-9-21-11-14/h3-8,10,14,21H,1-2,9,11H2,(H,22,23). The van der Waals surface area contributed by atoms with Crippen LogP contribution in [0.4, 0.5) is 8.78 Å². The third kappa shape index (κ3) is 4.08. The van der Waals surface area contributed by atoms with Gasteiger partial charge >= 0.3 is 0 Å². The van der Waals surface area contributed by atoms with Crippen LogP contribution in [0.25, 0.3) is 0 Å². The number of halogens is 2. The Morgan fingerprint density at radius 3 is 2.62 bits per heavy atom. The number of benzene rings is 2. The van der Waals surface area contributed by atoms with Gasteiger partial charge in [0.1, 0.15) is 11.6 Å². The second kappa shape index (κ2) is 7.40. The predicted octanol–water partition coefficient (Wildman–Crippen LogP) is 3.24. The van der Waals surface area contributed by atoms with Crippen LogP contribution in [0.2, 0.25) is 0 Å². The first-order valence-electron chi connectivity index (χ1n) is 7.86. The summed E-state index contributed by atoms with van der Waals surface area (Å²) >= 11 is 0. The van der Waals surface area contributed by atoms with Crippen molar-refractivity contribution in [3.63, 3.8) is 0 Å². The van der Waals surface area contributed by atoms with Crippen molar-refractivity contribution in [2.24, 2.45) is 0 Å². The lowest BCUT2D eigenvalue weighted by Gasteiger charge is -2.23. The Hall–Kier alpha value is -2.47. The number of hydrogen-bond acceptors (Lipinski definition) is 3. The highest BCUT2D eigenvalue weighted by molar-refractivity contribution is 5.94. The molecule has 3 rings (SSSR count). The highest BCUT2D eigenvalue weighted by atomic mass is 19.1. The smallest absolute Gasteiger partial charge is 0.251 e. The maximum atomic E-state index is 13.6. The summed E-state index contributed by atoms with van der Waals surface area (Å²) in [6.45, 7) is 1.76. The summed E-state index contributed by atoms with van der Waals surface area (Å²) in [5.74, 6) is -1.29. The topological polar surface area (TPSA) is 50.4 Å². The summed E-state index contributed by atoms with van der Waals surface area (Å²) in [5, 5.41) is 6.22. The van der Waals surface area contributed by atoms with Crippen LogP contribution in [0.3, 0.4) is 0 Å². The molecule has 1 unspecified atom stereocenters. The summed E-state index contributed by atoms with van der Waals surface area (Å²) in [5.41, 5.74) is 0.507. The van der Waals surface area contributed by atoms with E-state index < -0.39 is 11.6 Å². The van der Waals surface area contributed by atoms with Crippen LogP contribution in [0.15, 0.2) is 42.5 Å². The number of carbonyl (C=O) groups is 1. The number of carbonyl (C=O) groups excluding carboxylic acids is 1. The van der Waals surface area contributed by atoms with E-state index in [1.54, 1.807) is 24.3 Å². The first kappa shape index (κ1) is 16.4. The van der Waals surface area contributed by atoms with Crippen molar-refractivity contribution >= 4 is 5.91 Å². The van der Waals surface area contributed by atoms with Crippen molar-refractivity contribution in [1.82, 2.24) is 10.6 Å². The zero-order chi connectivity index (χ0) is 16.9. The van der Waals surface area contributed by atoms with Crippen LogP contribution >= 0.6 is 0 Å². The van der Waals surface area contributed by atoms with Crippen LogP contribution in [0.5, 0.6) is 11.5 Å². The van der Waals surface area contributed by atoms with Crippen LogP contribution in [0, 0.1) is 11.6 Å². The van der Waals surface area contributed by atoms with E-state index in [1.807, 2.05) is 0 Å². The van der Waals surface area contributed by atoms with E-state index in [1.165, 1.54) is 6.07 Å². The molecule has 1 heterocycles. The van der Waals surface area contributed by atoms with Gasteiger partial charge < -0.3 is 15.4 Å². The molecule has 1 atom stereocenters. The molecule has 1 amide bonds. The van der Waals surface area contributed by atoms with E-state index in [0.29, 0.717) is 11.3 Å². The molecule has 126 valence electrons. The fraction of sp³-hybridized carbons (Fsp3) is 0.278. The van der Waals surface area contributed by atoms with E-state index in [2.05, 4.69) is 10.6 Å². The zero-order valence-corrected chi connectivity index (χ0v) is 13.0. The molecule has 1 fully saturated rings. The maximum Gasteiger partial charge on any atom is 0.251 e. The molecule has 2 N–H and O–H groups in total. The van der Waals surface area contributed by atoms with Crippen LogP contribution < -0.4 is 15.4 Å². The van der Waals surface area contributed by atoms with Gasteiger partial charge in [-0.3, -0.25) is 4.79 Å². The van der Waals surface area contributed by atoms with Crippen molar-refractivity contribution in [1.29, 1.82) is 0 Å². The Morgan fingerprint density at radius 1 is 1.17 bits per heavy atom. The highest BCUT2D eigenvalue weighted by Gasteiger charge is 2.16. The first-order valence-corrected chi connectivity index (χ1v) is 7.86. The zero-order valence-electron chi connectivity index (χ0n) is 13.0. The molecule has 0 saturated carbocycles. The van der Waals surface area contributed by atoms with Gasteiger partial charge in [0.15, 0.2) is 11.6 Å². The van der Waals surface area contributed by atoms with Gasteiger partial charge in [-0.25, -0.2) is 8.78 Å². The fourth-order valence-corrected chi connectivity index (χ4v) is 2.60. The minimum atomic E-state index is -0.776. The number of hydrogen-bond donors (Lipinski definition) is 2. The molecule has 0 aromatic heterocycles. The van der Waals surface area contributed by atoms with Crippen molar-refractivity contribution in [3.05, 3.63) is 59.7 Å². The second-order valence-electron chi connectivity index (χ2n) is 5.72. The normalized spacial score (nSPS) is 17.3. The Bertz CT molecular complexity index is 713. The van der Waals surface area contributed by atoms with E-state index >= 15 is 0 Å². The Labute approximate surface area is 138 Å². The number of amides is 1. The molecule has 4 nitrogen and oxygen atoms in total. The molecular formula is C18H18F2N2O2.